The summed E-state index contributed by atoms with van der Waals surface area (Å²) in [7, 11) is 0. The molecule has 3 rings (SSSR count). The standard InChI is InChI=1S/C16H10Cl2N2O4S2/c1-2-19-15(21)14(26-16(19)25)5-8-3-4-13(24-8)9-6-12(20(22)23)11(18)7-10(9)17/h3-7H,2H2,1H3. The van der Waals surface area contributed by atoms with Crippen LogP contribution in [0.1, 0.15) is 12.7 Å². The molecule has 26 heavy (non-hydrogen) atoms. The van der Waals surface area contributed by atoms with Gasteiger partial charge in [-0.05, 0) is 25.1 Å². The lowest BCUT2D eigenvalue weighted by Crippen LogP contribution is -2.27. The molecule has 0 atom stereocenters. The number of halogens is 2. The van der Waals surface area contributed by atoms with E-state index in [2.05, 4.69) is 0 Å². The quantitative estimate of drug-likeness (QED) is 0.281. The molecule has 0 N–H and O–H groups in total. The van der Waals surface area contributed by atoms with E-state index in [9.17, 15) is 14.9 Å². The molecule has 1 aromatic carbocycles. The largest absolute Gasteiger partial charge is 0.457 e. The van der Waals surface area contributed by atoms with Crippen molar-refractivity contribution in [2.24, 2.45) is 0 Å². The van der Waals surface area contributed by atoms with Gasteiger partial charge in [0.25, 0.3) is 11.6 Å². The van der Waals surface area contributed by atoms with Crippen LogP contribution >= 0.6 is 47.2 Å². The Morgan fingerprint density at radius 3 is 2.69 bits per heavy atom. The molecular weight excluding hydrogens is 419 g/mol. The number of furan rings is 1. The van der Waals surface area contributed by atoms with Gasteiger partial charge in [-0.15, -0.1) is 0 Å². The average molecular weight is 429 g/mol. The summed E-state index contributed by atoms with van der Waals surface area (Å²) in [4.78, 5) is 24.6. The number of thioether (sulfide) groups is 1. The van der Waals surface area contributed by atoms with Crippen LogP contribution in [0.5, 0.6) is 0 Å². The van der Waals surface area contributed by atoms with Gasteiger partial charge < -0.3 is 4.42 Å². The normalized spacial score (nSPS) is 16.0. The van der Waals surface area contributed by atoms with Crippen molar-refractivity contribution >= 4 is 69.2 Å². The second kappa shape index (κ2) is 7.40. The highest BCUT2D eigenvalue weighted by Crippen LogP contribution is 2.38. The highest BCUT2D eigenvalue weighted by Gasteiger charge is 2.31. The SMILES string of the molecule is CCN1C(=O)C(=Cc2ccc(-c3cc([N+](=O)[O-])c(Cl)cc3Cl)o2)SC1=S. The van der Waals surface area contributed by atoms with Gasteiger partial charge >= 0.3 is 0 Å². The number of nitro benzene ring substituents is 1. The van der Waals surface area contributed by atoms with E-state index in [-0.39, 0.29) is 21.6 Å². The first-order valence-electron chi connectivity index (χ1n) is 7.30. The number of carbonyl (C=O) groups is 1. The van der Waals surface area contributed by atoms with Crippen molar-refractivity contribution in [3.8, 4) is 11.3 Å². The summed E-state index contributed by atoms with van der Waals surface area (Å²) in [5.41, 5.74) is 0.0661. The monoisotopic (exact) mass is 428 g/mol. The molecule has 1 fully saturated rings. The third-order valence-electron chi connectivity index (χ3n) is 3.59. The number of rotatable bonds is 4. The molecule has 1 aromatic heterocycles. The fraction of sp³-hybridized carbons (Fsp3) is 0.125. The Labute approximate surface area is 167 Å². The van der Waals surface area contributed by atoms with E-state index in [1.807, 2.05) is 6.92 Å². The lowest BCUT2D eigenvalue weighted by atomic mass is 10.1. The second-order valence-corrected chi connectivity index (χ2v) is 7.66. The Hall–Kier alpha value is -1.87. The molecule has 1 amide bonds. The number of nitro groups is 1. The van der Waals surface area contributed by atoms with Crippen molar-refractivity contribution in [1.82, 2.24) is 4.90 Å². The zero-order chi connectivity index (χ0) is 19.0. The van der Waals surface area contributed by atoms with Gasteiger partial charge in [0.2, 0.25) is 0 Å². The van der Waals surface area contributed by atoms with Gasteiger partial charge in [-0.2, -0.15) is 0 Å². The summed E-state index contributed by atoms with van der Waals surface area (Å²) in [6.07, 6.45) is 1.58. The molecule has 6 nitrogen and oxygen atoms in total. The summed E-state index contributed by atoms with van der Waals surface area (Å²) in [5, 5.41) is 11.2. The maximum absolute atomic E-state index is 12.2. The van der Waals surface area contributed by atoms with Gasteiger partial charge in [-0.25, -0.2) is 0 Å². The Morgan fingerprint density at radius 1 is 1.35 bits per heavy atom. The Bertz CT molecular complexity index is 971. The van der Waals surface area contributed by atoms with Gasteiger partial charge in [-0.3, -0.25) is 19.8 Å². The van der Waals surface area contributed by atoms with Crippen molar-refractivity contribution in [2.75, 3.05) is 6.54 Å². The number of likely N-dealkylation sites (N-methyl/N-ethyl adjacent to an activating group) is 1. The van der Waals surface area contributed by atoms with Crippen molar-refractivity contribution in [1.29, 1.82) is 0 Å². The van der Waals surface area contributed by atoms with E-state index in [4.69, 9.17) is 39.8 Å². The van der Waals surface area contributed by atoms with Crippen LogP contribution in [0.4, 0.5) is 5.69 Å². The first kappa shape index (κ1) is 18.9. The number of hydrogen-bond acceptors (Lipinski definition) is 6. The molecule has 134 valence electrons. The third kappa shape index (κ3) is 3.50. The number of carbonyl (C=O) groups excluding carboxylic acids is 1. The maximum atomic E-state index is 12.2. The summed E-state index contributed by atoms with van der Waals surface area (Å²) in [6.45, 7) is 2.34. The second-order valence-electron chi connectivity index (χ2n) is 5.17. The highest BCUT2D eigenvalue weighted by molar-refractivity contribution is 8.26. The van der Waals surface area contributed by atoms with Crippen LogP contribution in [0.15, 0.2) is 33.6 Å². The molecule has 0 spiro atoms. The van der Waals surface area contributed by atoms with Crippen molar-refractivity contribution in [2.45, 2.75) is 6.92 Å². The minimum Gasteiger partial charge on any atom is -0.457 e. The molecule has 0 bridgehead atoms. The molecule has 1 aliphatic heterocycles. The molecule has 0 unspecified atom stereocenters. The highest BCUT2D eigenvalue weighted by atomic mass is 35.5. The van der Waals surface area contributed by atoms with Gasteiger partial charge in [0, 0.05) is 24.3 Å². The van der Waals surface area contributed by atoms with E-state index in [1.165, 1.54) is 28.8 Å². The zero-order valence-electron chi connectivity index (χ0n) is 13.2. The van der Waals surface area contributed by atoms with Crippen LogP contribution in [0.2, 0.25) is 10.0 Å². The zero-order valence-corrected chi connectivity index (χ0v) is 16.3. The van der Waals surface area contributed by atoms with Crippen LogP contribution in [-0.2, 0) is 4.79 Å². The number of amides is 1. The summed E-state index contributed by atoms with van der Waals surface area (Å²) < 4.78 is 6.18. The summed E-state index contributed by atoms with van der Waals surface area (Å²) in [5.74, 6) is 0.554. The molecule has 2 heterocycles. The first-order valence-corrected chi connectivity index (χ1v) is 9.29. The van der Waals surface area contributed by atoms with Crippen LogP contribution < -0.4 is 0 Å². The Morgan fingerprint density at radius 2 is 2.08 bits per heavy atom. The van der Waals surface area contributed by atoms with Crippen LogP contribution in [0.25, 0.3) is 17.4 Å². The summed E-state index contributed by atoms with van der Waals surface area (Å²) >= 11 is 18.3. The molecule has 2 aromatic rings. The molecular formula is C16H10Cl2N2O4S2. The molecule has 0 saturated carbocycles. The minimum atomic E-state index is -0.595. The molecule has 0 aliphatic carbocycles. The number of thiocarbonyl (C=S) groups is 1. The lowest BCUT2D eigenvalue weighted by molar-refractivity contribution is -0.384. The first-order chi connectivity index (χ1) is 12.3. The fourth-order valence-electron chi connectivity index (χ4n) is 2.34. The Balaban J connectivity index is 1.96. The lowest BCUT2D eigenvalue weighted by Gasteiger charge is -2.09. The number of hydrogen-bond donors (Lipinski definition) is 0. The molecule has 0 radical (unpaired) electrons. The van der Waals surface area contributed by atoms with Gasteiger partial charge in [0.1, 0.15) is 20.9 Å². The topological polar surface area (TPSA) is 76.6 Å². The minimum absolute atomic E-state index is 0.0567. The van der Waals surface area contributed by atoms with Crippen LogP contribution in [-0.4, -0.2) is 26.6 Å². The maximum Gasteiger partial charge on any atom is 0.288 e. The fourth-order valence-corrected chi connectivity index (χ4v) is 4.25. The molecule has 1 aliphatic rings. The van der Waals surface area contributed by atoms with Crippen LogP contribution in [0.3, 0.4) is 0 Å². The van der Waals surface area contributed by atoms with Crippen LogP contribution in [0, 0.1) is 10.1 Å². The number of benzene rings is 1. The third-order valence-corrected chi connectivity index (χ3v) is 5.58. The summed E-state index contributed by atoms with van der Waals surface area (Å²) in [6, 6.07) is 5.81. The molecule has 1 saturated heterocycles. The molecule has 10 heteroatoms. The Kier molecular flexibility index (Phi) is 5.38. The van der Waals surface area contributed by atoms with Crippen molar-refractivity contribution in [3.05, 3.63) is 55.1 Å². The van der Waals surface area contributed by atoms with E-state index in [1.54, 1.807) is 18.2 Å². The van der Waals surface area contributed by atoms with Crippen molar-refractivity contribution < 1.29 is 14.1 Å². The smallest absolute Gasteiger partial charge is 0.288 e. The van der Waals surface area contributed by atoms with Gasteiger partial charge in [-0.1, -0.05) is 47.2 Å². The number of nitrogens with zero attached hydrogens (tertiary/aromatic N) is 2. The average Bonchev–Trinajstić information content (AvgIpc) is 3.12. The predicted octanol–water partition coefficient (Wildman–Crippen LogP) is 5.38. The van der Waals surface area contributed by atoms with E-state index < -0.39 is 4.92 Å². The predicted molar refractivity (Wildman–Crippen MR) is 106 cm³/mol. The van der Waals surface area contributed by atoms with E-state index in [0.29, 0.717) is 32.9 Å². The van der Waals surface area contributed by atoms with Gasteiger partial charge in [0.05, 0.1) is 14.9 Å². The van der Waals surface area contributed by atoms with E-state index >= 15 is 0 Å². The van der Waals surface area contributed by atoms with Gasteiger partial charge in [0.15, 0.2) is 0 Å². The van der Waals surface area contributed by atoms with E-state index in [0.717, 1.165) is 0 Å². The van der Waals surface area contributed by atoms with Crippen molar-refractivity contribution in [3.63, 3.8) is 0 Å².